The lowest BCUT2D eigenvalue weighted by molar-refractivity contribution is 0.143. The van der Waals surface area contributed by atoms with Gasteiger partial charge in [0, 0.05) is 12.5 Å². The topological polar surface area (TPSA) is 64.3 Å². The van der Waals surface area contributed by atoms with Crippen molar-refractivity contribution >= 4 is 18.5 Å². The van der Waals surface area contributed by atoms with Gasteiger partial charge in [-0.15, -0.1) is 12.4 Å². The van der Waals surface area contributed by atoms with Gasteiger partial charge >= 0.3 is 6.09 Å². The number of amides is 1. The molecule has 0 bridgehead atoms. The molecule has 0 heterocycles. The van der Waals surface area contributed by atoms with Gasteiger partial charge in [-0.3, -0.25) is 0 Å². The summed E-state index contributed by atoms with van der Waals surface area (Å²) in [6.07, 6.45) is 6.55. The second kappa shape index (κ2) is 11.7. The highest BCUT2D eigenvalue weighted by atomic mass is 35.5. The molecule has 0 spiro atoms. The average molecular weight is 403 g/mol. The van der Waals surface area contributed by atoms with Crippen LogP contribution in [0.5, 0.6) is 0 Å². The Balaban J connectivity index is 0.00000280. The zero-order valence-corrected chi connectivity index (χ0v) is 17.2. The molecule has 0 fully saturated rings. The SMILES string of the molecule is Cl.NCCCCCCCCNC(=O)OCC1c2ccccc2-c2ccccc21. The fourth-order valence-corrected chi connectivity index (χ4v) is 3.82. The third-order valence-corrected chi connectivity index (χ3v) is 5.24. The molecule has 3 N–H and O–H groups in total. The largest absolute Gasteiger partial charge is 0.449 e. The predicted molar refractivity (Wildman–Crippen MR) is 117 cm³/mol. The number of benzene rings is 2. The van der Waals surface area contributed by atoms with Crippen molar-refractivity contribution in [2.24, 2.45) is 5.73 Å². The molecule has 152 valence electrons. The van der Waals surface area contributed by atoms with Crippen LogP contribution < -0.4 is 11.1 Å². The van der Waals surface area contributed by atoms with Crippen molar-refractivity contribution in [1.82, 2.24) is 5.32 Å². The lowest BCUT2D eigenvalue weighted by atomic mass is 9.98. The van der Waals surface area contributed by atoms with Crippen LogP contribution in [0.15, 0.2) is 48.5 Å². The predicted octanol–water partition coefficient (Wildman–Crippen LogP) is 5.25. The van der Waals surface area contributed by atoms with E-state index in [9.17, 15) is 4.79 Å². The quantitative estimate of drug-likeness (QED) is 0.533. The molecular weight excluding hydrogens is 372 g/mol. The third-order valence-electron chi connectivity index (χ3n) is 5.24. The molecule has 2 aromatic rings. The van der Waals surface area contributed by atoms with Crippen LogP contribution in [0, 0.1) is 0 Å². The van der Waals surface area contributed by atoms with Crippen LogP contribution in [0.4, 0.5) is 4.79 Å². The van der Waals surface area contributed by atoms with Gasteiger partial charge in [0.2, 0.25) is 0 Å². The number of hydrogen-bond acceptors (Lipinski definition) is 3. The van der Waals surface area contributed by atoms with Crippen molar-refractivity contribution in [2.45, 2.75) is 44.4 Å². The number of rotatable bonds is 10. The minimum Gasteiger partial charge on any atom is -0.449 e. The van der Waals surface area contributed by atoms with Crippen molar-refractivity contribution in [3.8, 4) is 11.1 Å². The van der Waals surface area contributed by atoms with Crippen LogP contribution in [-0.4, -0.2) is 25.8 Å². The minimum absolute atomic E-state index is 0. The number of hydrogen-bond donors (Lipinski definition) is 2. The smallest absolute Gasteiger partial charge is 0.407 e. The van der Waals surface area contributed by atoms with Gasteiger partial charge in [0.05, 0.1) is 0 Å². The monoisotopic (exact) mass is 402 g/mol. The number of nitrogens with one attached hydrogen (secondary N) is 1. The lowest BCUT2D eigenvalue weighted by Crippen LogP contribution is -2.27. The van der Waals surface area contributed by atoms with Crippen molar-refractivity contribution in [2.75, 3.05) is 19.7 Å². The fourth-order valence-electron chi connectivity index (χ4n) is 3.82. The van der Waals surface area contributed by atoms with E-state index in [-0.39, 0.29) is 24.4 Å². The number of nitrogens with two attached hydrogens (primary N) is 1. The van der Waals surface area contributed by atoms with E-state index in [1.807, 2.05) is 12.1 Å². The first-order chi connectivity index (χ1) is 13.3. The van der Waals surface area contributed by atoms with Crippen LogP contribution in [0.3, 0.4) is 0 Å². The van der Waals surface area contributed by atoms with Crippen molar-refractivity contribution in [3.05, 3.63) is 59.7 Å². The highest BCUT2D eigenvalue weighted by Crippen LogP contribution is 2.44. The van der Waals surface area contributed by atoms with E-state index >= 15 is 0 Å². The van der Waals surface area contributed by atoms with E-state index in [4.69, 9.17) is 10.5 Å². The van der Waals surface area contributed by atoms with E-state index in [0.717, 1.165) is 25.8 Å². The Morgan fingerprint density at radius 3 is 2.00 bits per heavy atom. The van der Waals surface area contributed by atoms with E-state index in [2.05, 4.69) is 41.7 Å². The standard InChI is InChI=1S/C23H30N2O2.ClH/c24-15-9-3-1-2-4-10-16-25-23(26)27-17-22-20-13-7-5-11-18(20)19-12-6-8-14-21(19)22;/h5-8,11-14,22H,1-4,9-10,15-17,24H2,(H,25,26);1H. The second-order valence-electron chi connectivity index (χ2n) is 7.16. The summed E-state index contributed by atoms with van der Waals surface area (Å²) in [7, 11) is 0. The summed E-state index contributed by atoms with van der Waals surface area (Å²) in [4.78, 5) is 12.1. The average Bonchev–Trinajstić information content (AvgIpc) is 3.02. The van der Waals surface area contributed by atoms with Gasteiger partial charge in [-0.1, -0.05) is 74.2 Å². The van der Waals surface area contributed by atoms with E-state index in [1.54, 1.807) is 0 Å². The van der Waals surface area contributed by atoms with Crippen LogP contribution >= 0.6 is 12.4 Å². The summed E-state index contributed by atoms with van der Waals surface area (Å²) in [5.74, 6) is 0.116. The van der Waals surface area contributed by atoms with E-state index in [1.165, 1.54) is 41.5 Å². The fraction of sp³-hybridized carbons (Fsp3) is 0.435. The molecule has 0 unspecified atom stereocenters. The first-order valence-corrected chi connectivity index (χ1v) is 10.1. The maximum absolute atomic E-state index is 12.1. The Kier molecular flexibility index (Phi) is 9.32. The first-order valence-electron chi connectivity index (χ1n) is 10.1. The normalized spacial score (nSPS) is 12.0. The summed E-state index contributed by atoms with van der Waals surface area (Å²) < 4.78 is 5.54. The number of carbonyl (C=O) groups excluding carboxylic acids is 1. The molecular formula is C23H31ClN2O2. The zero-order chi connectivity index (χ0) is 18.9. The number of ether oxygens (including phenoxy) is 1. The summed E-state index contributed by atoms with van der Waals surface area (Å²) in [5, 5.41) is 2.88. The molecule has 2 aromatic carbocycles. The Labute approximate surface area is 174 Å². The maximum atomic E-state index is 12.1. The Hall–Kier alpha value is -2.04. The number of halogens is 1. The van der Waals surface area contributed by atoms with Crippen LogP contribution in [0.25, 0.3) is 11.1 Å². The highest BCUT2D eigenvalue weighted by molar-refractivity contribution is 5.85. The number of alkyl carbamates (subject to hydrolysis) is 1. The second-order valence-corrected chi connectivity index (χ2v) is 7.16. The Bertz CT molecular complexity index is 705. The molecule has 0 aliphatic heterocycles. The summed E-state index contributed by atoms with van der Waals surface area (Å²) in [6, 6.07) is 16.8. The molecule has 0 saturated carbocycles. The molecule has 4 nitrogen and oxygen atoms in total. The van der Waals surface area contributed by atoms with Crippen LogP contribution in [0.2, 0.25) is 0 Å². The number of fused-ring (bicyclic) bond motifs is 3. The van der Waals surface area contributed by atoms with Gasteiger partial charge < -0.3 is 15.8 Å². The number of carbonyl (C=O) groups is 1. The van der Waals surface area contributed by atoms with Gasteiger partial charge in [-0.2, -0.15) is 0 Å². The van der Waals surface area contributed by atoms with Crippen LogP contribution in [0.1, 0.15) is 55.6 Å². The maximum Gasteiger partial charge on any atom is 0.407 e. The van der Waals surface area contributed by atoms with Crippen molar-refractivity contribution < 1.29 is 9.53 Å². The molecule has 1 aliphatic carbocycles. The summed E-state index contributed by atoms with van der Waals surface area (Å²) >= 11 is 0. The molecule has 1 aliphatic rings. The third kappa shape index (κ3) is 5.73. The molecule has 0 saturated heterocycles. The molecule has 5 heteroatoms. The lowest BCUT2D eigenvalue weighted by Gasteiger charge is -2.14. The highest BCUT2D eigenvalue weighted by Gasteiger charge is 2.28. The molecule has 0 radical (unpaired) electrons. The van der Waals surface area contributed by atoms with Gasteiger partial charge in [-0.05, 0) is 41.6 Å². The Morgan fingerprint density at radius 1 is 0.857 bits per heavy atom. The van der Waals surface area contributed by atoms with Gasteiger partial charge in [0.1, 0.15) is 6.61 Å². The van der Waals surface area contributed by atoms with Gasteiger partial charge in [0.15, 0.2) is 0 Å². The first kappa shape index (κ1) is 22.3. The molecule has 1 amide bonds. The molecule has 0 atom stereocenters. The molecule has 3 rings (SSSR count). The Morgan fingerprint density at radius 2 is 1.39 bits per heavy atom. The van der Waals surface area contributed by atoms with E-state index in [0.29, 0.717) is 13.2 Å². The number of unbranched alkanes of at least 4 members (excludes halogenated alkanes) is 5. The summed E-state index contributed by atoms with van der Waals surface area (Å²) in [6.45, 7) is 1.83. The van der Waals surface area contributed by atoms with Crippen molar-refractivity contribution in [3.63, 3.8) is 0 Å². The minimum atomic E-state index is -0.319. The van der Waals surface area contributed by atoms with Crippen LogP contribution in [-0.2, 0) is 4.74 Å². The summed E-state index contributed by atoms with van der Waals surface area (Å²) in [5.41, 5.74) is 10.5. The van der Waals surface area contributed by atoms with Gasteiger partial charge in [0.25, 0.3) is 0 Å². The van der Waals surface area contributed by atoms with E-state index < -0.39 is 0 Å². The van der Waals surface area contributed by atoms with Crippen molar-refractivity contribution in [1.29, 1.82) is 0 Å². The van der Waals surface area contributed by atoms with Gasteiger partial charge in [-0.25, -0.2) is 4.79 Å². The zero-order valence-electron chi connectivity index (χ0n) is 16.4. The molecule has 28 heavy (non-hydrogen) atoms. The molecule has 0 aromatic heterocycles.